The highest BCUT2D eigenvalue weighted by Crippen LogP contribution is 2.27. The van der Waals surface area contributed by atoms with Gasteiger partial charge < -0.3 is 4.74 Å². The van der Waals surface area contributed by atoms with Crippen LogP contribution in [0.5, 0.6) is 0 Å². The highest BCUT2D eigenvalue weighted by Gasteiger charge is 2.23. The predicted molar refractivity (Wildman–Crippen MR) is 93.2 cm³/mol. The van der Waals surface area contributed by atoms with Crippen LogP contribution >= 0.6 is 23.2 Å². The van der Waals surface area contributed by atoms with E-state index in [9.17, 15) is 22.8 Å². The Balaban J connectivity index is 2.48. The second-order valence-electron chi connectivity index (χ2n) is 5.31. The van der Waals surface area contributed by atoms with Crippen LogP contribution in [0.15, 0.2) is 29.2 Å². The van der Waals surface area contributed by atoms with E-state index >= 15 is 0 Å². The largest absolute Gasteiger partial charge is 0.462 e. The molecule has 0 radical (unpaired) electrons. The third-order valence-electron chi connectivity index (χ3n) is 3.61. The number of benzene rings is 1. The molecule has 0 aliphatic carbocycles. The minimum Gasteiger partial charge on any atom is -0.462 e. The Hall–Kier alpha value is -2.58. The average molecular weight is 417 g/mol. The number of fused-ring (bicyclic) bond motifs is 1. The van der Waals surface area contributed by atoms with Crippen LogP contribution in [0.3, 0.4) is 0 Å². The van der Waals surface area contributed by atoms with Crippen LogP contribution in [0.4, 0.5) is 13.2 Å². The number of nitrogens with zero attached hydrogens (tertiary/aromatic N) is 2. The molecule has 0 bridgehead atoms. The monoisotopic (exact) mass is 416 g/mol. The number of hydrogen-bond donors (Lipinski definition) is 0. The van der Waals surface area contributed by atoms with Crippen molar-refractivity contribution >= 4 is 40.2 Å². The van der Waals surface area contributed by atoms with Gasteiger partial charge in [0.15, 0.2) is 11.6 Å². The van der Waals surface area contributed by atoms with Crippen molar-refractivity contribution in [2.24, 2.45) is 0 Å². The number of pyridine rings is 2. The number of carbonyl (C=O) groups is 1. The van der Waals surface area contributed by atoms with Crippen molar-refractivity contribution in [3.05, 3.63) is 67.8 Å². The van der Waals surface area contributed by atoms with E-state index < -0.39 is 40.1 Å². The fourth-order valence-electron chi connectivity index (χ4n) is 2.49. The van der Waals surface area contributed by atoms with Crippen LogP contribution in [0.25, 0.3) is 16.7 Å². The van der Waals surface area contributed by atoms with Crippen molar-refractivity contribution in [2.45, 2.75) is 6.92 Å². The maximum Gasteiger partial charge on any atom is 0.343 e. The van der Waals surface area contributed by atoms with Gasteiger partial charge in [-0.2, -0.15) is 0 Å². The van der Waals surface area contributed by atoms with E-state index in [1.807, 2.05) is 0 Å². The Morgan fingerprint density at radius 1 is 1.19 bits per heavy atom. The van der Waals surface area contributed by atoms with Crippen molar-refractivity contribution in [2.75, 3.05) is 6.61 Å². The first-order chi connectivity index (χ1) is 12.7. The van der Waals surface area contributed by atoms with Crippen molar-refractivity contribution < 1.29 is 22.7 Å². The van der Waals surface area contributed by atoms with Crippen molar-refractivity contribution in [1.29, 1.82) is 0 Å². The number of esters is 1. The molecule has 0 saturated carbocycles. The first-order valence-electron chi connectivity index (χ1n) is 7.48. The summed E-state index contributed by atoms with van der Waals surface area (Å²) in [7, 11) is 0. The molecule has 27 heavy (non-hydrogen) atoms. The summed E-state index contributed by atoms with van der Waals surface area (Å²) < 4.78 is 47.5. The summed E-state index contributed by atoms with van der Waals surface area (Å²) in [6.07, 6.45) is 0.860. The lowest BCUT2D eigenvalue weighted by molar-refractivity contribution is 0.0524. The third-order valence-corrected chi connectivity index (χ3v) is 4.28. The molecule has 10 heteroatoms. The Morgan fingerprint density at radius 2 is 1.81 bits per heavy atom. The molecular weight excluding hydrogens is 408 g/mol. The Labute approximate surface area is 159 Å². The fourth-order valence-corrected chi connectivity index (χ4v) is 2.78. The number of aromatic nitrogens is 2. The van der Waals surface area contributed by atoms with E-state index in [0.29, 0.717) is 12.1 Å². The molecule has 0 aliphatic rings. The topological polar surface area (TPSA) is 61.2 Å². The maximum atomic E-state index is 14.3. The molecule has 0 amide bonds. The summed E-state index contributed by atoms with van der Waals surface area (Å²) in [5.41, 5.74) is -2.34. The standard InChI is InChI=1S/C17H9Cl2F3N2O3/c1-2-27-17(26)9-6-24(13-11(21)3-7(20)4-12(13)22)16-8(14(9)25)5-10(18)15(19)23-16/h3-6H,2H2,1H3. The van der Waals surface area contributed by atoms with Gasteiger partial charge in [-0.3, -0.25) is 9.36 Å². The zero-order chi connectivity index (χ0) is 19.9. The molecule has 2 heterocycles. The van der Waals surface area contributed by atoms with Crippen molar-refractivity contribution in [3.63, 3.8) is 0 Å². The number of hydrogen-bond acceptors (Lipinski definition) is 4. The summed E-state index contributed by atoms with van der Waals surface area (Å²) >= 11 is 11.7. The second-order valence-corrected chi connectivity index (χ2v) is 6.08. The SMILES string of the molecule is CCOC(=O)c1cn(-c2c(F)cc(F)cc2F)c2nc(Cl)c(Cl)cc2c1=O. The first-order valence-corrected chi connectivity index (χ1v) is 8.23. The fraction of sp³-hybridized carbons (Fsp3) is 0.118. The van der Waals surface area contributed by atoms with Gasteiger partial charge in [0.2, 0.25) is 5.43 Å². The van der Waals surface area contributed by atoms with Crippen molar-refractivity contribution in [1.82, 2.24) is 9.55 Å². The minimum absolute atomic E-state index is 0.0325. The normalized spacial score (nSPS) is 11.0. The van der Waals surface area contributed by atoms with Gasteiger partial charge >= 0.3 is 5.97 Å². The molecule has 0 aliphatic heterocycles. The lowest BCUT2D eigenvalue weighted by Crippen LogP contribution is -2.22. The highest BCUT2D eigenvalue weighted by atomic mass is 35.5. The molecule has 3 rings (SSSR count). The van der Waals surface area contributed by atoms with Gasteiger partial charge in [-0.25, -0.2) is 22.9 Å². The predicted octanol–water partition coefficient (Wildman–Crippen LogP) is 4.29. The molecule has 0 N–H and O–H groups in total. The molecule has 0 saturated heterocycles. The van der Waals surface area contributed by atoms with Crippen LogP contribution in [0.2, 0.25) is 10.2 Å². The molecule has 2 aromatic heterocycles. The molecular formula is C17H9Cl2F3N2O3. The molecule has 0 fully saturated rings. The maximum absolute atomic E-state index is 14.3. The van der Waals surface area contributed by atoms with E-state index in [1.165, 1.54) is 6.92 Å². The quantitative estimate of drug-likeness (QED) is 0.472. The second kappa shape index (κ2) is 7.21. The van der Waals surface area contributed by atoms with Crippen LogP contribution in [-0.4, -0.2) is 22.1 Å². The summed E-state index contributed by atoms with van der Waals surface area (Å²) in [5, 5.41) is -0.559. The zero-order valence-electron chi connectivity index (χ0n) is 13.5. The van der Waals surface area contributed by atoms with E-state index in [1.54, 1.807) is 0 Å². The third kappa shape index (κ3) is 3.38. The van der Waals surface area contributed by atoms with Gasteiger partial charge in [-0.05, 0) is 13.0 Å². The Bertz CT molecular complexity index is 1130. The Morgan fingerprint density at radius 3 is 2.41 bits per heavy atom. The van der Waals surface area contributed by atoms with Gasteiger partial charge in [0, 0.05) is 18.3 Å². The molecule has 0 unspecified atom stereocenters. The number of halogens is 5. The van der Waals surface area contributed by atoms with E-state index in [4.69, 9.17) is 27.9 Å². The van der Waals surface area contributed by atoms with Gasteiger partial charge in [0.25, 0.3) is 0 Å². The van der Waals surface area contributed by atoms with Crippen LogP contribution < -0.4 is 5.43 Å². The number of ether oxygens (including phenoxy) is 1. The summed E-state index contributed by atoms with van der Waals surface area (Å²) in [6.45, 7) is 1.49. The minimum atomic E-state index is -1.28. The van der Waals surface area contributed by atoms with Gasteiger partial charge in [-0.15, -0.1) is 0 Å². The van der Waals surface area contributed by atoms with Gasteiger partial charge in [-0.1, -0.05) is 23.2 Å². The van der Waals surface area contributed by atoms with Crippen molar-refractivity contribution in [3.8, 4) is 5.69 Å². The van der Waals surface area contributed by atoms with Crippen LogP contribution in [0.1, 0.15) is 17.3 Å². The molecule has 5 nitrogen and oxygen atoms in total. The molecule has 0 atom stereocenters. The van der Waals surface area contributed by atoms with Gasteiger partial charge in [0.1, 0.15) is 27.9 Å². The molecule has 3 aromatic rings. The van der Waals surface area contributed by atoms with Crippen LogP contribution in [0, 0.1) is 17.5 Å². The van der Waals surface area contributed by atoms with E-state index in [-0.39, 0.29) is 27.8 Å². The zero-order valence-corrected chi connectivity index (χ0v) is 15.0. The molecule has 140 valence electrons. The molecule has 1 aromatic carbocycles. The average Bonchev–Trinajstić information content (AvgIpc) is 2.58. The first kappa shape index (κ1) is 19.2. The van der Waals surface area contributed by atoms with E-state index in [0.717, 1.165) is 16.8 Å². The Kier molecular flexibility index (Phi) is 5.12. The number of carbonyl (C=O) groups excluding carboxylic acids is 1. The lowest BCUT2D eigenvalue weighted by Gasteiger charge is -2.14. The number of rotatable bonds is 3. The summed E-state index contributed by atoms with van der Waals surface area (Å²) in [4.78, 5) is 28.6. The van der Waals surface area contributed by atoms with Crippen LogP contribution in [-0.2, 0) is 4.74 Å². The summed E-state index contributed by atoms with van der Waals surface area (Å²) in [5.74, 6) is -4.70. The summed E-state index contributed by atoms with van der Waals surface area (Å²) in [6, 6.07) is 2.01. The van der Waals surface area contributed by atoms with E-state index in [2.05, 4.69) is 4.98 Å². The smallest absolute Gasteiger partial charge is 0.343 e. The molecule has 0 spiro atoms. The highest BCUT2D eigenvalue weighted by molar-refractivity contribution is 6.41. The van der Waals surface area contributed by atoms with Gasteiger partial charge in [0.05, 0.1) is 17.0 Å². The lowest BCUT2D eigenvalue weighted by atomic mass is 10.1.